The molecule has 0 aromatic heterocycles. The molecule has 1 N–H and O–H groups in total. The van der Waals surface area contributed by atoms with Crippen LogP contribution in [0.3, 0.4) is 0 Å². The zero-order chi connectivity index (χ0) is 24.9. The van der Waals surface area contributed by atoms with Gasteiger partial charge in [0.25, 0.3) is 0 Å². The van der Waals surface area contributed by atoms with E-state index in [1.54, 1.807) is 37.1 Å². The van der Waals surface area contributed by atoms with Crippen LogP contribution in [-0.2, 0) is 14.8 Å². The van der Waals surface area contributed by atoms with Crippen molar-refractivity contribution >= 4 is 15.9 Å². The van der Waals surface area contributed by atoms with Gasteiger partial charge in [0.2, 0.25) is 15.9 Å². The summed E-state index contributed by atoms with van der Waals surface area (Å²) >= 11 is 0. The van der Waals surface area contributed by atoms with Crippen molar-refractivity contribution in [1.82, 2.24) is 9.21 Å². The van der Waals surface area contributed by atoms with Gasteiger partial charge >= 0.3 is 0 Å². The third-order valence-corrected chi connectivity index (χ3v) is 8.97. The number of sulfonamides is 1. The second-order valence-electron chi connectivity index (χ2n) is 9.69. The third kappa shape index (κ3) is 6.12. The minimum atomic E-state index is -3.89. The van der Waals surface area contributed by atoms with Crippen LogP contribution in [0.4, 0.5) is 0 Å². The van der Waals surface area contributed by atoms with Gasteiger partial charge in [-0.3, -0.25) is 4.79 Å². The van der Waals surface area contributed by atoms with Crippen molar-refractivity contribution in [3.8, 4) is 17.6 Å². The summed E-state index contributed by atoms with van der Waals surface area (Å²) in [6.07, 6.45) is 5.82. The molecule has 1 aliphatic carbocycles. The van der Waals surface area contributed by atoms with Crippen LogP contribution in [0, 0.1) is 23.7 Å². The number of amides is 1. The lowest BCUT2D eigenvalue weighted by atomic mass is 10.0. The van der Waals surface area contributed by atoms with Crippen molar-refractivity contribution in [2.75, 3.05) is 26.7 Å². The number of rotatable bonds is 6. The van der Waals surface area contributed by atoms with Crippen molar-refractivity contribution in [1.29, 1.82) is 0 Å². The molecule has 2 aliphatic rings. The first kappa shape index (κ1) is 26.5. The lowest BCUT2D eigenvalue weighted by Crippen LogP contribution is -2.50. The number of aliphatic hydroxyl groups excluding tert-OH is 1. The summed E-state index contributed by atoms with van der Waals surface area (Å²) in [4.78, 5) is 13.9. The highest BCUT2D eigenvalue weighted by molar-refractivity contribution is 7.89. The first-order valence-corrected chi connectivity index (χ1v) is 13.8. The van der Waals surface area contributed by atoms with Gasteiger partial charge in [-0.15, -0.1) is 0 Å². The Labute approximate surface area is 204 Å². The van der Waals surface area contributed by atoms with Crippen LogP contribution in [-0.4, -0.2) is 67.5 Å². The molecule has 7 nitrogen and oxygen atoms in total. The minimum absolute atomic E-state index is 0.00202. The van der Waals surface area contributed by atoms with Crippen LogP contribution in [0.1, 0.15) is 64.9 Å². The van der Waals surface area contributed by atoms with E-state index < -0.39 is 22.2 Å². The van der Waals surface area contributed by atoms with Gasteiger partial charge in [-0.1, -0.05) is 38.5 Å². The molecule has 1 amide bonds. The maximum atomic E-state index is 13.5. The number of hydrogen-bond acceptors (Lipinski definition) is 5. The molecule has 3 rings (SSSR count). The van der Waals surface area contributed by atoms with E-state index in [0.717, 1.165) is 6.42 Å². The second-order valence-corrected chi connectivity index (χ2v) is 11.5. The lowest BCUT2D eigenvalue weighted by molar-refractivity contribution is -0.131. The molecular formula is C26H38N2O5S. The molecule has 1 aromatic carbocycles. The Bertz CT molecular complexity index is 1020. The Morgan fingerprint density at radius 2 is 2.03 bits per heavy atom. The number of aliphatic hydroxyl groups is 1. The summed E-state index contributed by atoms with van der Waals surface area (Å²) in [5, 5.41) is 9.75. The SMILES string of the molecule is CCC(=O)N(C)C[C@@H]1Oc2cc(C#CCC3CCCC3)ccc2S(=O)(=O)N([C@@H](C)CO)C[C@H]1C. The van der Waals surface area contributed by atoms with Gasteiger partial charge in [-0.05, 0) is 43.9 Å². The van der Waals surface area contributed by atoms with Crippen LogP contribution in [0.2, 0.25) is 0 Å². The standard InChI is InChI=1S/C26H38N2O5S/c1-5-26(30)27(4)17-24-19(2)16-28(20(3)18-29)34(31,32)25-14-13-22(15-23(25)33-24)12-8-11-21-9-6-7-10-21/h13-15,19-21,24,29H,5-7,9-11,16-18H2,1-4H3/t19-,20+,24+/m1/s1. The van der Waals surface area contributed by atoms with E-state index in [4.69, 9.17) is 4.74 Å². The molecule has 188 valence electrons. The fraction of sp³-hybridized carbons (Fsp3) is 0.654. The third-order valence-electron chi connectivity index (χ3n) is 6.95. The number of nitrogens with zero attached hydrogens (tertiary/aromatic N) is 2. The van der Waals surface area contributed by atoms with Gasteiger partial charge in [0.15, 0.2) is 0 Å². The molecule has 34 heavy (non-hydrogen) atoms. The molecule has 1 aromatic rings. The summed E-state index contributed by atoms with van der Waals surface area (Å²) in [5.41, 5.74) is 0.707. The molecule has 0 spiro atoms. The topological polar surface area (TPSA) is 87.2 Å². The van der Waals surface area contributed by atoms with Gasteiger partial charge in [-0.2, -0.15) is 4.31 Å². The van der Waals surface area contributed by atoms with Crippen molar-refractivity contribution in [2.45, 2.75) is 76.3 Å². The van der Waals surface area contributed by atoms with E-state index in [0.29, 0.717) is 24.4 Å². The van der Waals surface area contributed by atoms with Gasteiger partial charge < -0.3 is 14.7 Å². The Kier molecular flexibility index (Phi) is 9.02. The summed E-state index contributed by atoms with van der Waals surface area (Å²) < 4.78 is 34.7. The first-order chi connectivity index (χ1) is 16.2. The Morgan fingerprint density at radius 3 is 2.68 bits per heavy atom. The normalized spacial score (nSPS) is 23.6. The van der Waals surface area contributed by atoms with E-state index in [9.17, 15) is 18.3 Å². The fourth-order valence-electron chi connectivity index (χ4n) is 4.67. The monoisotopic (exact) mass is 490 g/mol. The zero-order valence-electron chi connectivity index (χ0n) is 20.8. The number of ether oxygens (including phenoxy) is 1. The maximum Gasteiger partial charge on any atom is 0.247 e. The highest BCUT2D eigenvalue weighted by Crippen LogP contribution is 2.34. The van der Waals surface area contributed by atoms with E-state index in [-0.39, 0.29) is 35.6 Å². The molecule has 1 saturated carbocycles. The van der Waals surface area contributed by atoms with Crippen molar-refractivity contribution in [3.63, 3.8) is 0 Å². The fourth-order valence-corrected chi connectivity index (χ4v) is 6.50. The average molecular weight is 491 g/mol. The van der Waals surface area contributed by atoms with Crippen LogP contribution in [0.5, 0.6) is 5.75 Å². The van der Waals surface area contributed by atoms with E-state index in [1.807, 2.05) is 13.8 Å². The quantitative estimate of drug-likeness (QED) is 0.619. The number of hydrogen-bond donors (Lipinski definition) is 1. The summed E-state index contributed by atoms with van der Waals surface area (Å²) in [5.74, 6) is 7.13. The van der Waals surface area contributed by atoms with Gasteiger partial charge in [-0.25, -0.2) is 8.42 Å². The highest BCUT2D eigenvalue weighted by atomic mass is 32.2. The van der Waals surface area contributed by atoms with Crippen molar-refractivity contribution < 1.29 is 23.1 Å². The second kappa shape index (κ2) is 11.6. The molecule has 1 heterocycles. The van der Waals surface area contributed by atoms with Crippen LogP contribution in [0.15, 0.2) is 23.1 Å². The average Bonchev–Trinajstić information content (AvgIpc) is 3.33. The minimum Gasteiger partial charge on any atom is -0.487 e. The molecular weight excluding hydrogens is 452 g/mol. The van der Waals surface area contributed by atoms with Gasteiger partial charge in [0.1, 0.15) is 16.7 Å². The molecule has 0 unspecified atom stereocenters. The van der Waals surface area contributed by atoms with Crippen molar-refractivity contribution in [3.05, 3.63) is 23.8 Å². The van der Waals surface area contributed by atoms with E-state index in [2.05, 4.69) is 11.8 Å². The maximum absolute atomic E-state index is 13.5. The van der Waals surface area contributed by atoms with E-state index >= 15 is 0 Å². The van der Waals surface area contributed by atoms with Gasteiger partial charge in [0, 0.05) is 44.0 Å². The largest absolute Gasteiger partial charge is 0.487 e. The number of fused-ring (bicyclic) bond motifs is 1. The van der Waals surface area contributed by atoms with E-state index in [1.165, 1.54) is 30.0 Å². The molecule has 3 atom stereocenters. The van der Waals surface area contributed by atoms with Crippen LogP contribution < -0.4 is 4.74 Å². The Hall–Kier alpha value is -2.08. The predicted molar refractivity (Wildman–Crippen MR) is 132 cm³/mol. The van der Waals surface area contributed by atoms with Crippen LogP contribution >= 0.6 is 0 Å². The Balaban J connectivity index is 1.97. The summed E-state index contributed by atoms with van der Waals surface area (Å²) in [6, 6.07) is 4.38. The summed E-state index contributed by atoms with van der Waals surface area (Å²) in [7, 11) is -2.16. The highest BCUT2D eigenvalue weighted by Gasteiger charge is 2.38. The molecule has 1 fully saturated rings. The zero-order valence-corrected chi connectivity index (χ0v) is 21.6. The van der Waals surface area contributed by atoms with Gasteiger partial charge in [0.05, 0.1) is 13.2 Å². The number of carbonyl (C=O) groups is 1. The summed E-state index contributed by atoms with van der Waals surface area (Å²) in [6.45, 7) is 5.66. The van der Waals surface area contributed by atoms with Crippen LogP contribution in [0.25, 0.3) is 0 Å². The van der Waals surface area contributed by atoms with Crippen molar-refractivity contribution in [2.24, 2.45) is 11.8 Å². The Morgan fingerprint density at radius 1 is 1.32 bits per heavy atom. The lowest BCUT2D eigenvalue weighted by Gasteiger charge is -2.37. The number of benzene rings is 1. The molecule has 0 radical (unpaired) electrons. The number of carbonyl (C=O) groups excluding carboxylic acids is 1. The molecule has 1 aliphatic heterocycles. The smallest absolute Gasteiger partial charge is 0.247 e. The first-order valence-electron chi connectivity index (χ1n) is 12.3. The molecule has 0 bridgehead atoms. The molecule has 0 saturated heterocycles. The predicted octanol–water partition coefficient (Wildman–Crippen LogP) is 3.26. The number of likely N-dealkylation sites (N-methyl/N-ethyl adjacent to an activating group) is 1. The molecule has 8 heteroatoms.